The van der Waals surface area contributed by atoms with Crippen LogP contribution in [0.4, 0.5) is 0 Å². The average Bonchev–Trinajstić information content (AvgIpc) is 3.32. The number of allylic oxidation sites excluding steroid dienone is 3. The van der Waals surface area contributed by atoms with Crippen molar-refractivity contribution in [1.29, 1.82) is 5.41 Å². The van der Waals surface area contributed by atoms with Crippen LogP contribution in [0, 0.1) is 5.41 Å². The van der Waals surface area contributed by atoms with Crippen molar-refractivity contribution in [2.75, 3.05) is 0 Å². The summed E-state index contributed by atoms with van der Waals surface area (Å²) in [6, 6.07) is 9.15. The van der Waals surface area contributed by atoms with Gasteiger partial charge in [-0.3, -0.25) is 4.79 Å². The Morgan fingerprint density at radius 2 is 1.84 bits per heavy atom. The second-order valence-electron chi connectivity index (χ2n) is 11.2. The van der Waals surface area contributed by atoms with Crippen molar-refractivity contribution in [3.8, 4) is 0 Å². The summed E-state index contributed by atoms with van der Waals surface area (Å²) in [7, 11) is 0. The van der Waals surface area contributed by atoms with E-state index >= 15 is 0 Å². The minimum absolute atomic E-state index is 0.353. The fourth-order valence-corrected chi connectivity index (χ4v) is 6.29. The number of benzene rings is 1. The molecule has 1 saturated carbocycles. The SMILES string of the molecule is C/C=C(\CCCC(=O)CCCc1cccc(C2CCCC(c3ncnc4c3C=CCCC4)CC2)c1)C(C)=N. The molecule has 2 unspecified atom stereocenters. The third kappa shape index (κ3) is 7.82. The Kier molecular flexibility index (Phi) is 10.6. The van der Waals surface area contributed by atoms with Crippen LogP contribution in [0.1, 0.15) is 131 Å². The van der Waals surface area contributed by atoms with Gasteiger partial charge in [0, 0.05) is 30.0 Å². The van der Waals surface area contributed by atoms with Crippen molar-refractivity contribution in [3.05, 3.63) is 76.4 Å². The van der Waals surface area contributed by atoms with E-state index in [0.29, 0.717) is 36.2 Å². The quantitative estimate of drug-likeness (QED) is 0.242. The zero-order chi connectivity index (χ0) is 26.7. The van der Waals surface area contributed by atoms with E-state index in [1.165, 1.54) is 66.6 Å². The second kappa shape index (κ2) is 14.3. The average molecular weight is 512 g/mol. The van der Waals surface area contributed by atoms with E-state index in [2.05, 4.69) is 41.4 Å². The van der Waals surface area contributed by atoms with Crippen LogP contribution >= 0.6 is 0 Å². The van der Waals surface area contributed by atoms with Gasteiger partial charge in [0.1, 0.15) is 12.1 Å². The zero-order valence-electron chi connectivity index (χ0n) is 23.5. The number of nitrogens with one attached hydrogen (secondary N) is 1. The van der Waals surface area contributed by atoms with Crippen molar-refractivity contribution in [2.24, 2.45) is 0 Å². The maximum Gasteiger partial charge on any atom is 0.132 e. The molecule has 2 aliphatic rings. The summed E-state index contributed by atoms with van der Waals surface area (Å²) in [4.78, 5) is 21.8. The molecule has 2 aliphatic carbocycles. The van der Waals surface area contributed by atoms with Crippen LogP contribution in [-0.4, -0.2) is 21.5 Å². The molecule has 202 valence electrons. The van der Waals surface area contributed by atoms with Gasteiger partial charge in [0.2, 0.25) is 0 Å². The van der Waals surface area contributed by atoms with Crippen molar-refractivity contribution < 1.29 is 4.79 Å². The Labute approximate surface area is 229 Å². The topological polar surface area (TPSA) is 66.7 Å². The van der Waals surface area contributed by atoms with Crippen molar-refractivity contribution in [2.45, 2.75) is 116 Å². The van der Waals surface area contributed by atoms with Crippen LogP contribution in [0.15, 0.2) is 48.3 Å². The third-order valence-electron chi connectivity index (χ3n) is 8.50. The molecule has 4 nitrogen and oxygen atoms in total. The summed E-state index contributed by atoms with van der Waals surface area (Å²) in [5.41, 5.74) is 8.32. The fraction of sp³-hybridized carbons (Fsp3) is 0.529. The molecule has 0 aliphatic heterocycles. The van der Waals surface area contributed by atoms with Gasteiger partial charge in [0.05, 0.1) is 11.4 Å². The summed E-state index contributed by atoms with van der Waals surface area (Å²) >= 11 is 0. The first-order chi connectivity index (χ1) is 18.5. The number of nitrogens with zero attached hydrogens (tertiary/aromatic N) is 2. The lowest BCUT2D eigenvalue weighted by molar-refractivity contribution is -0.119. The summed E-state index contributed by atoms with van der Waals surface area (Å²) in [5.74, 6) is 1.49. The lowest BCUT2D eigenvalue weighted by atomic mass is 9.88. The van der Waals surface area contributed by atoms with E-state index in [0.717, 1.165) is 44.1 Å². The predicted molar refractivity (Wildman–Crippen MR) is 158 cm³/mol. The highest BCUT2D eigenvalue weighted by molar-refractivity contribution is 5.95. The molecule has 2 aromatic rings. The minimum atomic E-state index is 0.353. The fourth-order valence-electron chi connectivity index (χ4n) is 6.29. The molecule has 0 bridgehead atoms. The molecule has 38 heavy (non-hydrogen) atoms. The van der Waals surface area contributed by atoms with Crippen molar-refractivity contribution in [3.63, 3.8) is 0 Å². The molecule has 1 heterocycles. The Morgan fingerprint density at radius 1 is 1.03 bits per heavy atom. The summed E-state index contributed by atoms with van der Waals surface area (Å²) in [6.07, 6.45) is 22.7. The van der Waals surface area contributed by atoms with Crippen LogP contribution < -0.4 is 0 Å². The van der Waals surface area contributed by atoms with Crippen LogP contribution in [0.3, 0.4) is 0 Å². The van der Waals surface area contributed by atoms with Gasteiger partial charge in [-0.25, -0.2) is 9.97 Å². The molecule has 0 saturated heterocycles. The maximum atomic E-state index is 12.4. The van der Waals surface area contributed by atoms with Crippen LogP contribution in [0.2, 0.25) is 0 Å². The van der Waals surface area contributed by atoms with E-state index in [4.69, 9.17) is 10.4 Å². The molecular formula is C34H45N3O. The van der Waals surface area contributed by atoms with E-state index in [-0.39, 0.29) is 0 Å². The molecule has 4 heteroatoms. The lowest BCUT2D eigenvalue weighted by Crippen LogP contribution is -2.07. The number of hydrogen-bond donors (Lipinski definition) is 1. The maximum absolute atomic E-state index is 12.4. The molecule has 1 N–H and O–H groups in total. The second-order valence-corrected chi connectivity index (χ2v) is 11.2. The number of aromatic nitrogens is 2. The molecule has 1 aromatic carbocycles. The molecule has 2 atom stereocenters. The standard InChI is InChI=1S/C34H45N3O/c1-3-27(25(2)35)13-10-18-31(38)17-8-12-26-11-7-16-30(23-26)28-14-9-15-29(22-21-28)34-32-19-5-4-6-20-33(32)36-24-37-34/h3,5,7,11,16,19,23-24,28-29,35H,4,6,8-10,12-15,17-18,20-22H2,1-2H3/b27-3+,35-25?. The van der Waals surface area contributed by atoms with Crippen molar-refractivity contribution >= 4 is 17.6 Å². The van der Waals surface area contributed by atoms with Crippen LogP contribution in [-0.2, 0) is 17.6 Å². The van der Waals surface area contributed by atoms with Gasteiger partial charge in [0.25, 0.3) is 0 Å². The van der Waals surface area contributed by atoms with Crippen LogP contribution in [0.25, 0.3) is 6.08 Å². The number of carbonyl (C=O) groups excluding carboxylic acids is 1. The number of rotatable bonds is 11. The molecule has 0 spiro atoms. The van der Waals surface area contributed by atoms with Gasteiger partial charge in [-0.05, 0) is 107 Å². The van der Waals surface area contributed by atoms with Gasteiger partial charge < -0.3 is 5.41 Å². The number of ketones is 1. The summed E-state index contributed by atoms with van der Waals surface area (Å²) in [5, 5.41) is 7.78. The Hall–Kier alpha value is -2.88. The Bertz CT molecular complexity index is 1160. The minimum Gasteiger partial charge on any atom is -0.305 e. The van der Waals surface area contributed by atoms with Crippen LogP contribution in [0.5, 0.6) is 0 Å². The molecular weight excluding hydrogens is 466 g/mol. The number of carbonyl (C=O) groups is 1. The largest absolute Gasteiger partial charge is 0.305 e. The molecule has 0 amide bonds. The Balaban J connectivity index is 1.28. The highest BCUT2D eigenvalue weighted by atomic mass is 16.1. The highest BCUT2D eigenvalue weighted by Gasteiger charge is 2.25. The third-order valence-corrected chi connectivity index (χ3v) is 8.50. The highest BCUT2D eigenvalue weighted by Crippen LogP contribution is 2.40. The first kappa shape index (κ1) is 28.1. The zero-order valence-corrected chi connectivity index (χ0v) is 23.5. The van der Waals surface area contributed by atoms with Crippen molar-refractivity contribution in [1.82, 2.24) is 9.97 Å². The van der Waals surface area contributed by atoms with Gasteiger partial charge in [-0.1, -0.05) is 48.9 Å². The summed E-state index contributed by atoms with van der Waals surface area (Å²) < 4.78 is 0. The normalized spacial score (nSPS) is 19.9. The molecule has 0 radical (unpaired) electrons. The smallest absolute Gasteiger partial charge is 0.132 e. The van der Waals surface area contributed by atoms with E-state index < -0.39 is 0 Å². The van der Waals surface area contributed by atoms with E-state index in [1.54, 1.807) is 6.33 Å². The predicted octanol–water partition coefficient (Wildman–Crippen LogP) is 8.71. The summed E-state index contributed by atoms with van der Waals surface area (Å²) in [6.45, 7) is 3.79. The lowest BCUT2D eigenvalue weighted by Gasteiger charge is -2.18. The first-order valence-corrected chi connectivity index (χ1v) is 14.9. The van der Waals surface area contributed by atoms with Gasteiger partial charge in [-0.2, -0.15) is 0 Å². The Morgan fingerprint density at radius 3 is 2.68 bits per heavy atom. The number of hydrogen-bond acceptors (Lipinski definition) is 4. The van der Waals surface area contributed by atoms with E-state index in [9.17, 15) is 4.79 Å². The van der Waals surface area contributed by atoms with E-state index in [1.807, 2.05) is 19.9 Å². The number of Topliss-reactive ketones (excluding diaryl/α,β-unsaturated/α-hetero) is 1. The molecule has 1 aromatic heterocycles. The number of aryl methyl sites for hydroxylation is 2. The van der Waals surface area contributed by atoms with Gasteiger partial charge in [-0.15, -0.1) is 0 Å². The molecule has 1 fully saturated rings. The van der Waals surface area contributed by atoms with Gasteiger partial charge in [0.15, 0.2) is 0 Å². The number of fused-ring (bicyclic) bond motifs is 1. The van der Waals surface area contributed by atoms with Gasteiger partial charge >= 0.3 is 0 Å². The molecule has 4 rings (SSSR count). The monoisotopic (exact) mass is 511 g/mol. The first-order valence-electron chi connectivity index (χ1n) is 14.9.